The molecule has 4 rings (SSSR count). The van der Waals surface area contributed by atoms with Crippen LogP contribution in [0.5, 0.6) is 0 Å². The maximum Gasteiger partial charge on any atom is 0.508 e. The predicted molar refractivity (Wildman–Crippen MR) is 150 cm³/mol. The van der Waals surface area contributed by atoms with Gasteiger partial charge in [-0.25, -0.2) is 4.79 Å². The molecule has 0 aromatic carbocycles. The Morgan fingerprint density at radius 3 is 2.51 bits per heavy atom. The van der Waals surface area contributed by atoms with E-state index in [0.717, 1.165) is 54.8 Å². The molecule has 4 aliphatic rings. The lowest BCUT2D eigenvalue weighted by atomic mass is 9.47. The van der Waals surface area contributed by atoms with Crippen LogP contribution in [0.3, 0.4) is 0 Å². The van der Waals surface area contributed by atoms with E-state index in [1.54, 1.807) is 12.7 Å². The molecule has 1 unspecified atom stereocenters. The summed E-state index contributed by atoms with van der Waals surface area (Å²) < 4.78 is 16.3. The molecule has 0 N–H and O–H groups in total. The van der Waals surface area contributed by atoms with Crippen LogP contribution in [0.25, 0.3) is 0 Å². The molecule has 3 fully saturated rings. The second-order valence-corrected chi connectivity index (χ2v) is 14.2. The lowest BCUT2D eigenvalue weighted by Gasteiger charge is -2.58. The summed E-state index contributed by atoms with van der Waals surface area (Å²) in [6.07, 6.45) is 16.9. The molecule has 0 radical (unpaired) electrons. The third-order valence-corrected chi connectivity index (χ3v) is 11.7. The molecule has 0 saturated heterocycles. The van der Waals surface area contributed by atoms with Gasteiger partial charge in [0.05, 0.1) is 12.7 Å². The van der Waals surface area contributed by atoms with Crippen molar-refractivity contribution in [2.75, 3.05) is 13.7 Å². The summed E-state index contributed by atoms with van der Waals surface area (Å²) in [6.45, 7) is 14.8. The molecule has 4 aliphatic carbocycles. The van der Waals surface area contributed by atoms with Crippen molar-refractivity contribution in [1.29, 1.82) is 0 Å². The van der Waals surface area contributed by atoms with E-state index in [2.05, 4.69) is 40.7 Å². The summed E-state index contributed by atoms with van der Waals surface area (Å²) in [5.41, 5.74) is 2.37. The Labute approximate surface area is 227 Å². The van der Waals surface area contributed by atoms with Gasteiger partial charge in [0.2, 0.25) is 0 Å². The van der Waals surface area contributed by atoms with Gasteiger partial charge >= 0.3 is 6.16 Å². The predicted octanol–water partition coefficient (Wildman–Crippen LogP) is 8.97. The third kappa shape index (κ3) is 6.10. The van der Waals surface area contributed by atoms with Crippen LogP contribution < -0.4 is 0 Å². The molecule has 0 aromatic rings. The summed E-state index contributed by atoms with van der Waals surface area (Å²) in [7, 11) is 1.68. The van der Waals surface area contributed by atoms with Crippen LogP contribution in [-0.2, 0) is 14.2 Å². The highest BCUT2D eigenvalue weighted by atomic mass is 16.7. The highest BCUT2D eigenvalue weighted by molar-refractivity contribution is 5.60. The van der Waals surface area contributed by atoms with Crippen LogP contribution in [0, 0.1) is 46.3 Å². The largest absolute Gasteiger partial charge is 0.508 e. The van der Waals surface area contributed by atoms with Gasteiger partial charge in [-0.1, -0.05) is 65.5 Å². The zero-order valence-electron chi connectivity index (χ0n) is 25.0. The molecule has 4 nitrogen and oxygen atoms in total. The van der Waals surface area contributed by atoms with Crippen molar-refractivity contribution >= 4 is 6.16 Å². The van der Waals surface area contributed by atoms with Gasteiger partial charge in [0.25, 0.3) is 0 Å². The lowest BCUT2D eigenvalue weighted by molar-refractivity contribution is -0.0620. The van der Waals surface area contributed by atoms with Gasteiger partial charge < -0.3 is 14.2 Å². The van der Waals surface area contributed by atoms with Crippen molar-refractivity contribution in [1.82, 2.24) is 0 Å². The topological polar surface area (TPSA) is 44.8 Å². The fraction of sp³-hybridized carbons (Fsp3) is 0.909. The van der Waals surface area contributed by atoms with Crippen LogP contribution in [0.1, 0.15) is 119 Å². The van der Waals surface area contributed by atoms with Crippen molar-refractivity contribution < 1.29 is 19.0 Å². The molecule has 9 atom stereocenters. The van der Waals surface area contributed by atoms with Crippen LogP contribution in [-0.4, -0.2) is 32.1 Å². The second kappa shape index (κ2) is 12.0. The number of fused-ring (bicyclic) bond motifs is 5. The van der Waals surface area contributed by atoms with Crippen molar-refractivity contribution in [3.63, 3.8) is 0 Å². The number of carbonyl (C=O) groups is 1. The fourth-order valence-corrected chi connectivity index (χ4v) is 9.35. The normalized spacial score (nSPS) is 38.7. The Kier molecular flexibility index (Phi) is 9.40. The smallest absolute Gasteiger partial charge is 0.434 e. The van der Waals surface area contributed by atoms with Gasteiger partial charge in [0.15, 0.2) is 0 Å². The van der Waals surface area contributed by atoms with E-state index >= 15 is 0 Å². The number of hydrogen-bond donors (Lipinski definition) is 0. The average molecular weight is 517 g/mol. The molecule has 0 spiro atoms. The van der Waals surface area contributed by atoms with Crippen molar-refractivity contribution in [3.05, 3.63) is 11.6 Å². The van der Waals surface area contributed by atoms with Crippen LogP contribution in [0.2, 0.25) is 0 Å². The molecule has 37 heavy (non-hydrogen) atoms. The van der Waals surface area contributed by atoms with Gasteiger partial charge in [-0.3, -0.25) is 0 Å². The van der Waals surface area contributed by atoms with Gasteiger partial charge in [-0.2, -0.15) is 0 Å². The Morgan fingerprint density at radius 2 is 1.78 bits per heavy atom. The highest BCUT2D eigenvalue weighted by Crippen LogP contribution is 2.67. The maximum atomic E-state index is 12.3. The van der Waals surface area contributed by atoms with E-state index in [0.29, 0.717) is 18.4 Å². The van der Waals surface area contributed by atoms with Crippen LogP contribution in [0.15, 0.2) is 11.6 Å². The van der Waals surface area contributed by atoms with Crippen molar-refractivity contribution in [3.8, 4) is 0 Å². The monoisotopic (exact) mass is 516 g/mol. The molecular formula is C33H56O4. The molecule has 0 aromatic heterocycles. The minimum Gasteiger partial charge on any atom is -0.434 e. The second-order valence-electron chi connectivity index (χ2n) is 14.2. The molecule has 0 bridgehead atoms. The first kappa shape index (κ1) is 29.0. The molecule has 4 heteroatoms. The van der Waals surface area contributed by atoms with E-state index in [-0.39, 0.29) is 17.6 Å². The Hall–Kier alpha value is -1.03. The number of allylic oxidation sites excluding steroid dienone is 1. The van der Waals surface area contributed by atoms with Gasteiger partial charge in [0, 0.05) is 20.0 Å². The van der Waals surface area contributed by atoms with Crippen LogP contribution >= 0.6 is 0 Å². The summed E-state index contributed by atoms with van der Waals surface area (Å²) in [5.74, 6) is 5.12. The Morgan fingerprint density at radius 1 is 1.00 bits per heavy atom. The van der Waals surface area contributed by atoms with E-state index in [4.69, 9.17) is 14.2 Å². The van der Waals surface area contributed by atoms with Crippen molar-refractivity contribution in [2.45, 2.75) is 131 Å². The number of carbonyl (C=O) groups excluding carboxylic acids is 1. The van der Waals surface area contributed by atoms with Crippen molar-refractivity contribution in [2.24, 2.45) is 46.3 Å². The Balaban J connectivity index is 1.35. The third-order valence-electron chi connectivity index (χ3n) is 11.7. The van der Waals surface area contributed by atoms with Gasteiger partial charge in [0.1, 0.15) is 6.10 Å². The summed E-state index contributed by atoms with van der Waals surface area (Å²) in [6, 6.07) is 0. The summed E-state index contributed by atoms with van der Waals surface area (Å²) in [5, 5.41) is 0. The number of hydrogen-bond acceptors (Lipinski definition) is 4. The summed E-state index contributed by atoms with van der Waals surface area (Å²) >= 11 is 0. The number of ether oxygens (including phenoxy) is 3. The molecule has 212 valence electrons. The zero-order chi connectivity index (χ0) is 26.8. The molecular weight excluding hydrogens is 460 g/mol. The SMILES string of the molecule is COC(C)CCOC(=O)O[C@H]1CC[C@@]2(C)C(=CC[C@H]3[C@@H]4CC[C@H]([C@H](C)CCCC(C)C)[C@@]4(C)CC[C@@H]32)C1. The fourth-order valence-electron chi connectivity index (χ4n) is 9.35. The lowest BCUT2D eigenvalue weighted by Crippen LogP contribution is -2.51. The van der Waals surface area contributed by atoms with Crippen LogP contribution in [0.4, 0.5) is 4.79 Å². The first-order valence-electron chi connectivity index (χ1n) is 15.6. The first-order valence-corrected chi connectivity index (χ1v) is 15.6. The zero-order valence-corrected chi connectivity index (χ0v) is 25.0. The summed E-state index contributed by atoms with van der Waals surface area (Å²) in [4.78, 5) is 12.3. The van der Waals surface area contributed by atoms with E-state index < -0.39 is 6.16 Å². The van der Waals surface area contributed by atoms with Gasteiger partial charge in [-0.05, 0) is 98.2 Å². The number of methoxy groups -OCH3 is 1. The molecule has 0 aliphatic heterocycles. The van der Waals surface area contributed by atoms with Gasteiger partial charge in [-0.15, -0.1) is 0 Å². The first-order chi connectivity index (χ1) is 17.6. The average Bonchev–Trinajstić information content (AvgIpc) is 3.21. The van der Waals surface area contributed by atoms with E-state index in [1.807, 2.05) is 6.92 Å². The standard InChI is InChI=1S/C33H56O4/c1-22(2)9-8-10-23(3)28-13-14-29-27-12-11-25-21-26(37-31(34)36-20-17-24(4)35-7)15-18-32(25,5)30(27)16-19-33(28,29)6/h11,22-24,26-30H,8-10,12-21H2,1-7H3/t23-,24?,26+,27+,28-,29+,30+,32+,33-/m1/s1. The molecule has 3 saturated carbocycles. The minimum absolute atomic E-state index is 0.0420. The number of rotatable bonds is 10. The minimum atomic E-state index is -0.515. The Bertz CT molecular complexity index is 804. The quantitative estimate of drug-likeness (QED) is 0.215. The highest BCUT2D eigenvalue weighted by Gasteiger charge is 2.59. The molecule has 0 heterocycles. The van der Waals surface area contributed by atoms with E-state index in [9.17, 15) is 4.79 Å². The molecule has 0 amide bonds. The van der Waals surface area contributed by atoms with E-state index in [1.165, 1.54) is 51.4 Å². The maximum absolute atomic E-state index is 12.3.